The van der Waals surface area contributed by atoms with Crippen LogP contribution in [0, 0.1) is 23.3 Å². The molecule has 0 spiro atoms. The normalized spacial score (nSPS) is 12.8. The average Bonchev–Trinajstić information content (AvgIpc) is 2.63. The summed E-state index contributed by atoms with van der Waals surface area (Å²) in [5.74, 6) is -7.46. The minimum Gasteiger partial charge on any atom is -0.394 e. The lowest BCUT2D eigenvalue weighted by Crippen LogP contribution is -2.22. The molecule has 0 bridgehead atoms. The first-order chi connectivity index (χ1) is 13.5. The Morgan fingerprint density at radius 2 is 1.62 bits per heavy atom. The van der Waals surface area contributed by atoms with Crippen molar-refractivity contribution in [3.63, 3.8) is 0 Å². The number of amides is 1. The number of nitrogens with one attached hydrogen (secondary N) is 1. The second kappa shape index (κ2) is 8.33. The number of hydrogen-bond donors (Lipinski definition) is 2. The van der Waals surface area contributed by atoms with Crippen molar-refractivity contribution in [2.45, 2.75) is 6.18 Å². The van der Waals surface area contributed by atoms with Crippen LogP contribution in [0.15, 0.2) is 41.0 Å². The summed E-state index contributed by atoms with van der Waals surface area (Å²) >= 11 is 0. The van der Waals surface area contributed by atoms with Gasteiger partial charge in [0.15, 0.2) is 11.6 Å². The Hall–Kier alpha value is -3.37. The van der Waals surface area contributed by atoms with Gasteiger partial charge in [0.05, 0.1) is 5.69 Å². The summed E-state index contributed by atoms with van der Waals surface area (Å²) in [4.78, 5) is 15.3. The molecule has 0 aliphatic rings. The fourth-order valence-corrected chi connectivity index (χ4v) is 2.32. The van der Waals surface area contributed by atoms with Crippen LogP contribution in [0.1, 0.15) is 15.9 Å². The monoisotopic (exact) mass is 419 g/mol. The molecule has 154 valence electrons. The zero-order valence-corrected chi connectivity index (χ0v) is 14.5. The zero-order valence-electron chi connectivity index (χ0n) is 14.5. The quantitative estimate of drug-likeness (QED) is 0.569. The summed E-state index contributed by atoms with van der Waals surface area (Å²) in [5.41, 5.74) is -0.442. The van der Waals surface area contributed by atoms with E-state index >= 15 is 0 Å². The summed E-state index contributed by atoms with van der Waals surface area (Å²) in [6, 6.07) is 3.97. The molecule has 29 heavy (non-hydrogen) atoms. The third-order valence-corrected chi connectivity index (χ3v) is 3.66. The SMILES string of the molecule is CN=CC(=C(N)C(F)(F)F)c1ccc(NC(=O)c2c(F)cccc2F)c(F)c1F. The number of allylic oxidation sites excluding steroid dienone is 2. The molecule has 0 aliphatic heterocycles. The Kier molecular flexibility index (Phi) is 6.30. The largest absolute Gasteiger partial charge is 0.431 e. The van der Waals surface area contributed by atoms with Crippen LogP contribution in [0.2, 0.25) is 0 Å². The highest BCUT2D eigenvalue weighted by Gasteiger charge is 2.35. The van der Waals surface area contributed by atoms with Gasteiger partial charge in [-0.05, 0) is 24.3 Å². The highest BCUT2D eigenvalue weighted by molar-refractivity contribution is 6.11. The van der Waals surface area contributed by atoms with E-state index in [0.29, 0.717) is 12.3 Å². The van der Waals surface area contributed by atoms with Crippen molar-refractivity contribution in [1.82, 2.24) is 0 Å². The Morgan fingerprint density at radius 3 is 2.14 bits per heavy atom. The van der Waals surface area contributed by atoms with E-state index in [0.717, 1.165) is 31.3 Å². The van der Waals surface area contributed by atoms with Crippen molar-refractivity contribution >= 4 is 23.4 Å². The van der Waals surface area contributed by atoms with Crippen LogP contribution in [-0.4, -0.2) is 25.3 Å². The Labute approximate surface area is 159 Å². The number of alkyl halides is 3. The Morgan fingerprint density at radius 1 is 1.03 bits per heavy atom. The molecule has 0 fully saturated rings. The van der Waals surface area contributed by atoms with Gasteiger partial charge in [0.1, 0.15) is 22.9 Å². The number of benzene rings is 2. The van der Waals surface area contributed by atoms with Gasteiger partial charge in [0, 0.05) is 24.4 Å². The van der Waals surface area contributed by atoms with Crippen LogP contribution < -0.4 is 11.1 Å². The van der Waals surface area contributed by atoms with E-state index in [-0.39, 0.29) is 0 Å². The van der Waals surface area contributed by atoms with Gasteiger partial charge >= 0.3 is 6.18 Å². The second-order valence-electron chi connectivity index (χ2n) is 5.55. The summed E-state index contributed by atoms with van der Waals surface area (Å²) in [7, 11) is 1.09. The van der Waals surface area contributed by atoms with Crippen LogP contribution >= 0.6 is 0 Å². The number of anilines is 1. The molecule has 4 nitrogen and oxygen atoms in total. The summed E-state index contributed by atoms with van der Waals surface area (Å²) in [6.07, 6.45) is -4.46. The predicted octanol–water partition coefficient (Wildman–Crippen LogP) is 4.43. The lowest BCUT2D eigenvalue weighted by Gasteiger charge is -2.14. The van der Waals surface area contributed by atoms with E-state index in [1.807, 2.05) is 0 Å². The number of carbonyl (C=O) groups excluding carboxylic acids is 1. The zero-order chi connectivity index (χ0) is 21.9. The molecule has 11 heteroatoms. The molecule has 0 saturated heterocycles. The van der Waals surface area contributed by atoms with E-state index < -0.39 is 63.4 Å². The molecule has 0 aromatic heterocycles. The molecule has 0 aliphatic carbocycles. The van der Waals surface area contributed by atoms with Crippen molar-refractivity contribution in [2.24, 2.45) is 10.7 Å². The topological polar surface area (TPSA) is 67.5 Å². The molecule has 0 unspecified atom stereocenters. The lowest BCUT2D eigenvalue weighted by molar-refractivity contribution is -0.0918. The molecular weight excluding hydrogens is 407 g/mol. The first-order valence-corrected chi connectivity index (χ1v) is 7.71. The van der Waals surface area contributed by atoms with Crippen molar-refractivity contribution in [3.05, 3.63) is 70.4 Å². The van der Waals surface area contributed by atoms with Crippen molar-refractivity contribution in [1.29, 1.82) is 0 Å². The molecule has 0 atom stereocenters. The summed E-state index contributed by atoms with van der Waals surface area (Å²) < 4.78 is 94.6. The van der Waals surface area contributed by atoms with Crippen LogP contribution in [0.5, 0.6) is 0 Å². The molecule has 0 heterocycles. The van der Waals surface area contributed by atoms with Crippen molar-refractivity contribution in [2.75, 3.05) is 12.4 Å². The smallest absolute Gasteiger partial charge is 0.394 e. The summed E-state index contributed by atoms with van der Waals surface area (Å²) in [6.45, 7) is 0. The minimum atomic E-state index is -5.05. The standard InChI is InChI=1S/C18H12F7N3O/c1-27-7-9(16(26)18(23,24)25)8-5-6-12(15(22)14(8)21)28-17(29)13-10(19)3-2-4-11(13)20/h2-7H,26H2,1H3,(H,28,29). The number of hydrogen-bond acceptors (Lipinski definition) is 3. The van der Waals surface area contributed by atoms with E-state index in [2.05, 4.69) is 4.99 Å². The number of aliphatic imine (C=N–C) groups is 1. The van der Waals surface area contributed by atoms with E-state index in [4.69, 9.17) is 5.73 Å². The van der Waals surface area contributed by atoms with Gasteiger partial charge < -0.3 is 11.1 Å². The van der Waals surface area contributed by atoms with Crippen LogP contribution in [0.25, 0.3) is 5.57 Å². The number of carbonyl (C=O) groups is 1. The van der Waals surface area contributed by atoms with Crippen LogP contribution in [-0.2, 0) is 0 Å². The number of halogens is 7. The van der Waals surface area contributed by atoms with E-state index in [9.17, 15) is 35.5 Å². The highest BCUT2D eigenvalue weighted by atomic mass is 19.4. The molecule has 2 aromatic carbocycles. The molecule has 0 radical (unpaired) electrons. The Bertz CT molecular complexity index is 993. The highest BCUT2D eigenvalue weighted by Crippen LogP contribution is 2.32. The fraction of sp³-hybridized carbons (Fsp3) is 0.111. The van der Waals surface area contributed by atoms with Gasteiger partial charge in [0.2, 0.25) is 0 Å². The van der Waals surface area contributed by atoms with Gasteiger partial charge in [-0.2, -0.15) is 13.2 Å². The molecular formula is C18H12F7N3O. The lowest BCUT2D eigenvalue weighted by atomic mass is 10.0. The molecule has 3 N–H and O–H groups in total. The van der Waals surface area contributed by atoms with Gasteiger partial charge in [-0.1, -0.05) is 6.07 Å². The number of nitrogens with zero attached hydrogens (tertiary/aromatic N) is 1. The maximum absolute atomic E-state index is 14.4. The van der Waals surface area contributed by atoms with Crippen molar-refractivity contribution < 1.29 is 35.5 Å². The van der Waals surface area contributed by atoms with E-state index in [1.165, 1.54) is 0 Å². The molecule has 2 rings (SSSR count). The third kappa shape index (κ3) is 4.55. The molecule has 2 aromatic rings. The van der Waals surface area contributed by atoms with Crippen molar-refractivity contribution in [3.8, 4) is 0 Å². The molecule has 0 saturated carbocycles. The maximum Gasteiger partial charge on any atom is 0.431 e. The van der Waals surface area contributed by atoms with Gasteiger partial charge in [0.25, 0.3) is 5.91 Å². The van der Waals surface area contributed by atoms with Crippen LogP contribution in [0.3, 0.4) is 0 Å². The Balaban J connectivity index is 2.50. The summed E-state index contributed by atoms with van der Waals surface area (Å²) in [5, 5.41) is 1.77. The maximum atomic E-state index is 14.4. The number of nitrogens with two attached hydrogens (primary N) is 1. The minimum absolute atomic E-state index is 0.591. The van der Waals surface area contributed by atoms with Gasteiger partial charge in [-0.3, -0.25) is 9.79 Å². The average molecular weight is 419 g/mol. The first-order valence-electron chi connectivity index (χ1n) is 7.71. The van der Waals surface area contributed by atoms with Crippen LogP contribution in [0.4, 0.5) is 36.4 Å². The van der Waals surface area contributed by atoms with Gasteiger partial charge in [-0.15, -0.1) is 0 Å². The predicted molar refractivity (Wildman–Crippen MR) is 92.2 cm³/mol. The van der Waals surface area contributed by atoms with Gasteiger partial charge in [-0.25, -0.2) is 17.6 Å². The second-order valence-corrected chi connectivity index (χ2v) is 5.55. The first kappa shape index (κ1) is 21.9. The third-order valence-electron chi connectivity index (χ3n) is 3.66. The number of rotatable bonds is 4. The fourth-order valence-electron chi connectivity index (χ4n) is 2.32. The van der Waals surface area contributed by atoms with E-state index in [1.54, 1.807) is 5.32 Å². The molecule has 1 amide bonds.